The second kappa shape index (κ2) is 9.96. The lowest BCUT2D eigenvalue weighted by atomic mass is 10.0. The number of piperazine rings is 1. The minimum atomic E-state index is -0.435. The van der Waals surface area contributed by atoms with Crippen LogP contribution in [-0.2, 0) is 4.79 Å². The molecule has 4 rings (SSSR count). The summed E-state index contributed by atoms with van der Waals surface area (Å²) < 4.78 is 5.26. The standard InChI is InChI=1S/C23H31N5O3/c1-18(17-26-12-14-27(15-13-26)21-9-2-4-10-24-21)25-22(29)19-7-3-5-11-28(19)23(30)20-8-6-16-31-20/h2,4,6,8-10,16,18-19H,3,5,7,11-15,17H2,1H3,(H,25,29). The largest absolute Gasteiger partial charge is 0.459 e. The van der Waals surface area contributed by atoms with Crippen molar-refractivity contribution in [2.75, 3.05) is 44.2 Å². The first-order valence-corrected chi connectivity index (χ1v) is 11.1. The summed E-state index contributed by atoms with van der Waals surface area (Å²) in [5.41, 5.74) is 0. The van der Waals surface area contributed by atoms with E-state index >= 15 is 0 Å². The van der Waals surface area contributed by atoms with Gasteiger partial charge in [0.15, 0.2) is 5.76 Å². The highest BCUT2D eigenvalue weighted by Gasteiger charge is 2.34. The number of carbonyl (C=O) groups excluding carboxylic acids is 2. The van der Waals surface area contributed by atoms with E-state index in [1.165, 1.54) is 6.26 Å². The molecule has 8 heteroatoms. The van der Waals surface area contributed by atoms with Gasteiger partial charge in [-0.3, -0.25) is 14.5 Å². The molecular formula is C23H31N5O3. The molecule has 2 amide bonds. The molecule has 2 aromatic heterocycles. The second-order valence-electron chi connectivity index (χ2n) is 8.37. The van der Waals surface area contributed by atoms with E-state index in [0.717, 1.165) is 51.4 Å². The summed E-state index contributed by atoms with van der Waals surface area (Å²) in [6, 6.07) is 8.91. The molecule has 2 aliphatic heterocycles. The Morgan fingerprint density at radius 2 is 1.97 bits per heavy atom. The second-order valence-corrected chi connectivity index (χ2v) is 8.37. The average Bonchev–Trinajstić information content (AvgIpc) is 3.34. The van der Waals surface area contributed by atoms with E-state index in [-0.39, 0.29) is 17.9 Å². The molecule has 2 aliphatic rings. The number of rotatable bonds is 6. The SMILES string of the molecule is CC(CN1CCN(c2ccccn2)CC1)NC(=O)C1CCCCN1C(=O)c1ccco1. The van der Waals surface area contributed by atoms with Crippen LogP contribution in [0.4, 0.5) is 5.82 Å². The quantitative estimate of drug-likeness (QED) is 0.762. The Hall–Kier alpha value is -2.87. The van der Waals surface area contributed by atoms with E-state index in [1.54, 1.807) is 17.0 Å². The Labute approximate surface area is 183 Å². The maximum atomic E-state index is 13.0. The normalized spacial score (nSPS) is 21.0. The van der Waals surface area contributed by atoms with Crippen molar-refractivity contribution >= 4 is 17.6 Å². The van der Waals surface area contributed by atoms with Gasteiger partial charge in [0.25, 0.3) is 5.91 Å². The third-order valence-electron chi connectivity index (χ3n) is 6.06. The molecule has 0 saturated carbocycles. The fraction of sp³-hybridized carbons (Fsp3) is 0.522. The molecule has 2 unspecified atom stereocenters. The lowest BCUT2D eigenvalue weighted by molar-refractivity contribution is -0.127. The van der Waals surface area contributed by atoms with Crippen molar-refractivity contribution in [3.05, 3.63) is 48.6 Å². The first kappa shape index (κ1) is 21.4. The van der Waals surface area contributed by atoms with Crippen molar-refractivity contribution in [2.24, 2.45) is 0 Å². The highest BCUT2D eigenvalue weighted by molar-refractivity contribution is 5.95. The summed E-state index contributed by atoms with van der Waals surface area (Å²) in [6.07, 6.45) is 5.86. The van der Waals surface area contributed by atoms with E-state index < -0.39 is 6.04 Å². The number of likely N-dealkylation sites (tertiary alicyclic amines) is 1. The number of amides is 2. The number of anilines is 1. The smallest absolute Gasteiger partial charge is 0.290 e. The molecule has 31 heavy (non-hydrogen) atoms. The summed E-state index contributed by atoms with van der Waals surface area (Å²) in [4.78, 5) is 36.5. The Morgan fingerprint density at radius 1 is 1.13 bits per heavy atom. The Kier molecular flexibility index (Phi) is 6.86. The number of furan rings is 1. The monoisotopic (exact) mass is 425 g/mol. The Balaban J connectivity index is 1.27. The molecule has 4 heterocycles. The van der Waals surface area contributed by atoms with E-state index in [9.17, 15) is 9.59 Å². The predicted octanol–water partition coefficient (Wildman–Crippen LogP) is 2.00. The molecule has 2 atom stereocenters. The Morgan fingerprint density at radius 3 is 2.68 bits per heavy atom. The van der Waals surface area contributed by atoms with Gasteiger partial charge in [-0.05, 0) is 50.5 Å². The van der Waals surface area contributed by atoms with Crippen molar-refractivity contribution in [3.8, 4) is 0 Å². The first-order chi connectivity index (χ1) is 15.1. The maximum Gasteiger partial charge on any atom is 0.290 e. The lowest BCUT2D eigenvalue weighted by Crippen LogP contribution is -2.56. The van der Waals surface area contributed by atoms with Gasteiger partial charge in [0.1, 0.15) is 11.9 Å². The zero-order chi connectivity index (χ0) is 21.6. The third-order valence-corrected chi connectivity index (χ3v) is 6.06. The topological polar surface area (TPSA) is 81.9 Å². The first-order valence-electron chi connectivity index (χ1n) is 11.1. The molecule has 0 aliphatic carbocycles. The van der Waals surface area contributed by atoms with E-state index in [2.05, 4.69) is 20.1 Å². The van der Waals surface area contributed by atoms with Gasteiger partial charge >= 0.3 is 0 Å². The molecule has 0 bridgehead atoms. The van der Waals surface area contributed by atoms with Gasteiger partial charge in [0.05, 0.1) is 6.26 Å². The van der Waals surface area contributed by atoms with Gasteiger partial charge in [-0.15, -0.1) is 0 Å². The summed E-state index contributed by atoms with van der Waals surface area (Å²) in [5, 5.41) is 3.14. The van der Waals surface area contributed by atoms with Crippen LogP contribution in [0, 0.1) is 0 Å². The molecule has 1 N–H and O–H groups in total. The molecule has 2 aromatic rings. The van der Waals surface area contributed by atoms with Crippen LogP contribution < -0.4 is 10.2 Å². The summed E-state index contributed by atoms with van der Waals surface area (Å²) in [5.74, 6) is 1.03. The average molecular weight is 426 g/mol. The number of aromatic nitrogens is 1. The number of nitrogens with zero attached hydrogens (tertiary/aromatic N) is 4. The molecule has 2 fully saturated rings. The van der Waals surface area contributed by atoms with Crippen molar-refractivity contribution in [3.63, 3.8) is 0 Å². The van der Waals surface area contributed by atoms with Gasteiger partial charge in [0.2, 0.25) is 5.91 Å². The number of pyridine rings is 1. The number of hydrogen-bond donors (Lipinski definition) is 1. The van der Waals surface area contributed by atoms with Gasteiger partial charge in [-0.25, -0.2) is 4.98 Å². The highest BCUT2D eigenvalue weighted by atomic mass is 16.3. The fourth-order valence-corrected chi connectivity index (χ4v) is 4.46. The minimum absolute atomic E-state index is 0.0105. The minimum Gasteiger partial charge on any atom is -0.459 e. The molecule has 0 aromatic carbocycles. The fourth-order valence-electron chi connectivity index (χ4n) is 4.46. The van der Waals surface area contributed by atoms with Gasteiger partial charge in [-0.2, -0.15) is 0 Å². The number of carbonyl (C=O) groups is 2. The summed E-state index contributed by atoms with van der Waals surface area (Å²) in [6.45, 7) is 7.12. The number of nitrogens with one attached hydrogen (secondary N) is 1. The van der Waals surface area contributed by atoms with Crippen LogP contribution in [0.25, 0.3) is 0 Å². The zero-order valence-corrected chi connectivity index (χ0v) is 18.1. The van der Waals surface area contributed by atoms with Gasteiger partial charge in [0, 0.05) is 51.5 Å². The zero-order valence-electron chi connectivity index (χ0n) is 18.1. The molecule has 166 valence electrons. The van der Waals surface area contributed by atoms with Crippen LogP contribution >= 0.6 is 0 Å². The molecule has 2 saturated heterocycles. The molecular weight excluding hydrogens is 394 g/mol. The van der Waals surface area contributed by atoms with E-state index in [0.29, 0.717) is 18.7 Å². The van der Waals surface area contributed by atoms with Crippen LogP contribution in [-0.4, -0.2) is 78.0 Å². The molecule has 8 nitrogen and oxygen atoms in total. The van der Waals surface area contributed by atoms with Crippen LogP contribution in [0.1, 0.15) is 36.7 Å². The molecule has 0 radical (unpaired) electrons. The van der Waals surface area contributed by atoms with Crippen LogP contribution in [0.5, 0.6) is 0 Å². The molecule has 0 spiro atoms. The van der Waals surface area contributed by atoms with Gasteiger partial charge < -0.3 is 19.5 Å². The van der Waals surface area contributed by atoms with Crippen LogP contribution in [0.3, 0.4) is 0 Å². The summed E-state index contributed by atoms with van der Waals surface area (Å²) in [7, 11) is 0. The van der Waals surface area contributed by atoms with Crippen molar-refractivity contribution in [1.82, 2.24) is 20.1 Å². The number of hydrogen-bond acceptors (Lipinski definition) is 6. The van der Waals surface area contributed by atoms with Crippen LogP contribution in [0.15, 0.2) is 47.2 Å². The summed E-state index contributed by atoms with van der Waals surface area (Å²) >= 11 is 0. The maximum absolute atomic E-state index is 13.0. The number of piperidine rings is 1. The van der Waals surface area contributed by atoms with E-state index in [1.807, 2.05) is 31.3 Å². The lowest BCUT2D eigenvalue weighted by Gasteiger charge is -2.37. The van der Waals surface area contributed by atoms with Crippen molar-refractivity contribution in [1.29, 1.82) is 0 Å². The van der Waals surface area contributed by atoms with Crippen molar-refractivity contribution in [2.45, 2.75) is 38.3 Å². The predicted molar refractivity (Wildman–Crippen MR) is 118 cm³/mol. The van der Waals surface area contributed by atoms with E-state index in [4.69, 9.17) is 4.42 Å². The van der Waals surface area contributed by atoms with Gasteiger partial charge in [-0.1, -0.05) is 6.07 Å². The van der Waals surface area contributed by atoms with Crippen molar-refractivity contribution < 1.29 is 14.0 Å². The van der Waals surface area contributed by atoms with Crippen LogP contribution in [0.2, 0.25) is 0 Å². The third kappa shape index (κ3) is 5.25. The highest BCUT2D eigenvalue weighted by Crippen LogP contribution is 2.20. The Bertz CT molecular complexity index is 849.